The van der Waals surface area contributed by atoms with Crippen molar-refractivity contribution in [1.82, 2.24) is 5.32 Å². The maximum Gasteiger partial charge on any atom is 0.264 e. The highest BCUT2D eigenvalue weighted by Gasteiger charge is 2.36. The molecule has 35 heavy (non-hydrogen) atoms. The Hall–Kier alpha value is -3.52. The summed E-state index contributed by atoms with van der Waals surface area (Å²) in [4.78, 5) is 13.5. The zero-order chi connectivity index (χ0) is 25.2. The second kappa shape index (κ2) is 9.62. The van der Waals surface area contributed by atoms with E-state index in [2.05, 4.69) is 5.32 Å². The second-order valence-corrected chi connectivity index (χ2v) is 11.1. The molecular weight excluding hydrogens is 464 g/mol. The SMILES string of the molecule is COc1ccc2c(c1)C(NC(=O)CN(c1ccccc1C)S(=O)(=O)c1ccccc1)CC(C)(C)O2. The van der Waals surface area contributed by atoms with Crippen LogP contribution in [0.3, 0.4) is 0 Å². The molecule has 4 rings (SSSR count). The number of nitrogens with one attached hydrogen (secondary N) is 1. The van der Waals surface area contributed by atoms with E-state index in [9.17, 15) is 13.2 Å². The van der Waals surface area contributed by atoms with Gasteiger partial charge >= 0.3 is 0 Å². The van der Waals surface area contributed by atoms with Crippen molar-refractivity contribution < 1.29 is 22.7 Å². The molecule has 0 saturated carbocycles. The van der Waals surface area contributed by atoms with E-state index < -0.39 is 21.5 Å². The normalized spacial score (nSPS) is 16.5. The van der Waals surface area contributed by atoms with Gasteiger partial charge in [-0.2, -0.15) is 0 Å². The molecule has 0 saturated heterocycles. The first-order valence-electron chi connectivity index (χ1n) is 11.4. The molecule has 3 aromatic rings. The number of carbonyl (C=O) groups is 1. The molecule has 184 valence electrons. The highest BCUT2D eigenvalue weighted by atomic mass is 32.2. The van der Waals surface area contributed by atoms with E-state index in [-0.39, 0.29) is 17.5 Å². The molecule has 1 heterocycles. The third-order valence-corrected chi connectivity index (χ3v) is 7.79. The van der Waals surface area contributed by atoms with Crippen molar-refractivity contribution in [2.24, 2.45) is 0 Å². The number of amides is 1. The minimum atomic E-state index is -3.98. The Balaban J connectivity index is 1.66. The molecule has 0 bridgehead atoms. The van der Waals surface area contributed by atoms with E-state index in [4.69, 9.17) is 9.47 Å². The van der Waals surface area contributed by atoms with Gasteiger partial charge < -0.3 is 14.8 Å². The molecule has 1 N–H and O–H groups in total. The predicted octanol–water partition coefficient (Wildman–Crippen LogP) is 4.62. The number of rotatable bonds is 7. The zero-order valence-electron chi connectivity index (χ0n) is 20.3. The van der Waals surface area contributed by atoms with E-state index in [0.717, 1.165) is 11.1 Å². The van der Waals surface area contributed by atoms with Crippen molar-refractivity contribution in [3.05, 3.63) is 83.9 Å². The number of methoxy groups -OCH3 is 1. The number of aryl methyl sites for hydroxylation is 1. The summed E-state index contributed by atoms with van der Waals surface area (Å²) in [5, 5.41) is 3.04. The molecule has 0 fully saturated rings. The quantitative estimate of drug-likeness (QED) is 0.518. The maximum atomic E-state index is 13.6. The number of benzene rings is 3. The Morgan fingerprint density at radius 1 is 1.09 bits per heavy atom. The second-order valence-electron chi connectivity index (χ2n) is 9.20. The lowest BCUT2D eigenvalue weighted by Gasteiger charge is -2.38. The molecule has 3 aromatic carbocycles. The van der Waals surface area contributed by atoms with Crippen LogP contribution in [0.4, 0.5) is 5.69 Å². The van der Waals surface area contributed by atoms with Crippen molar-refractivity contribution in [3.63, 3.8) is 0 Å². The Morgan fingerprint density at radius 2 is 1.77 bits per heavy atom. The van der Waals surface area contributed by atoms with Crippen LogP contribution in [-0.2, 0) is 14.8 Å². The van der Waals surface area contributed by atoms with Gasteiger partial charge in [-0.15, -0.1) is 0 Å². The van der Waals surface area contributed by atoms with Crippen molar-refractivity contribution in [3.8, 4) is 11.5 Å². The minimum Gasteiger partial charge on any atom is -0.497 e. The molecule has 0 radical (unpaired) electrons. The molecule has 0 aliphatic carbocycles. The zero-order valence-corrected chi connectivity index (χ0v) is 21.1. The van der Waals surface area contributed by atoms with Crippen molar-refractivity contribution in [1.29, 1.82) is 0 Å². The van der Waals surface area contributed by atoms with Gasteiger partial charge in [0.1, 0.15) is 23.6 Å². The number of nitrogens with zero attached hydrogens (tertiary/aromatic N) is 1. The number of sulfonamides is 1. The number of ether oxygens (including phenoxy) is 2. The van der Waals surface area contributed by atoms with E-state index >= 15 is 0 Å². The van der Waals surface area contributed by atoms with Gasteiger partial charge in [-0.25, -0.2) is 8.42 Å². The van der Waals surface area contributed by atoms with Gasteiger partial charge in [-0.05, 0) is 62.7 Å². The molecular formula is C27H30N2O5S. The highest BCUT2D eigenvalue weighted by Crippen LogP contribution is 2.41. The van der Waals surface area contributed by atoms with Crippen LogP contribution in [0.2, 0.25) is 0 Å². The van der Waals surface area contributed by atoms with Gasteiger partial charge in [0, 0.05) is 12.0 Å². The fourth-order valence-corrected chi connectivity index (χ4v) is 5.83. The van der Waals surface area contributed by atoms with Gasteiger partial charge in [0.15, 0.2) is 0 Å². The first-order chi connectivity index (χ1) is 16.6. The first-order valence-corrected chi connectivity index (χ1v) is 12.8. The summed E-state index contributed by atoms with van der Waals surface area (Å²) in [6.45, 7) is 5.38. The molecule has 0 spiro atoms. The van der Waals surface area contributed by atoms with Crippen LogP contribution >= 0.6 is 0 Å². The summed E-state index contributed by atoms with van der Waals surface area (Å²) in [6, 6.07) is 20.4. The molecule has 1 atom stereocenters. The van der Waals surface area contributed by atoms with Crippen LogP contribution in [0.15, 0.2) is 77.7 Å². The Morgan fingerprint density at radius 3 is 2.46 bits per heavy atom. The topological polar surface area (TPSA) is 84.9 Å². The van der Waals surface area contributed by atoms with Crippen LogP contribution in [0.5, 0.6) is 11.5 Å². The lowest BCUT2D eigenvalue weighted by molar-refractivity contribution is -0.120. The Bertz CT molecular complexity index is 1320. The fourth-order valence-electron chi connectivity index (χ4n) is 4.32. The highest BCUT2D eigenvalue weighted by molar-refractivity contribution is 7.92. The minimum absolute atomic E-state index is 0.123. The smallest absolute Gasteiger partial charge is 0.264 e. The number of fused-ring (bicyclic) bond motifs is 1. The third kappa shape index (κ3) is 5.27. The van der Waals surface area contributed by atoms with Crippen LogP contribution < -0.4 is 19.1 Å². The van der Waals surface area contributed by atoms with Crippen molar-refractivity contribution in [2.75, 3.05) is 18.0 Å². The predicted molar refractivity (Wildman–Crippen MR) is 135 cm³/mol. The largest absolute Gasteiger partial charge is 0.497 e. The molecule has 8 heteroatoms. The standard InChI is InChI=1S/C27H30N2O5S/c1-19-10-8-9-13-24(19)29(35(31,32)21-11-6-5-7-12-21)18-26(30)28-23-17-27(2,3)34-25-15-14-20(33-4)16-22(23)25/h5-16,23H,17-18H2,1-4H3,(H,28,30). The van der Waals surface area contributed by atoms with E-state index in [1.54, 1.807) is 37.4 Å². The summed E-state index contributed by atoms with van der Waals surface area (Å²) < 4.78 is 39.8. The summed E-state index contributed by atoms with van der Waals surface area (Å²) in [5.41, 5.74) is 1.50. The first kappa shape index (κ1) is 24.6. The Kier molecular flexibility index (Phi) is 6.76. The van der Waals surface area contributed by atoms with E-state index in [1.165, 1.54) is 16.4 Å². The monoisotopic (exact) mass is 494 g/mol. The molecule has 1 amide bonds. The number of anilines is 1. The summed E-state index contributed by atoms with van der Waals surface area (Å²) >= 11 is 0. The molecule has 1 aliphatic rings. The molecule has 1 aliphatic heterocycles. The average Bonchev–Trinajstić information content (AvgIpc) is 2.83. The number of hydrogen-bond donors (Lipinski definition) is 1. The maximum absolute atomic E-state index is 13.6. The van der Waals surface area contributed by atoms with E-state index in [0.29, 0.717) is 23.6 Å². The fraction of sp³-hybridized carbons (Fsp3) is 0.296. The lowest BCUT2D eigenvalue weighted by Crippen LogP contribution is -2.45. The van der Waals surface area contributed by atoms with Gasteiger partial charge in [0.2, 0.25) is 5.91 Å². The van der Waals surface area contributed by atoms with Crippen LogP contribution in [0.1, 0.15) is 37.4 Å². The van der Waals surface area contributed by atoms with Crippen molar-refractivity contribution in [2.45, 2.75) is 43.7 Å². The van der Waals surface area contributed by atoms with E-state index in [1.807, 2.05) is 51.1 Å². The summed E-state index contributed by atoms with van der Waals surface area (Å²) in [5.74, 6) is 0.906. The molecule has 7 nitrogen and oxygen atoms in total. The Labute approximate surface area is 206 Å². The number of carbonyl (C=O) groups excluding carboxylic acids is 1. The van der Waals surface area contributed by atoms with Gasteiger partial charge in [-0.1, -0.05) is 36.4 Å². The van der Waals surface area contributed by atoms with Crippen LogP contribution in [0.25, 0.3) is 0 Å². The van der Waals surface area contributed by atoms with Gasteiger partial charge in [-0.3, -0.25) is 9.10 Å². The molecule has 0 aromatic heterocycles. The summed E-state index contributed by atoms with van der Waals surface area (Å²) in [6.07, 6.45) is 0.523. The third-order valence-electron chi connectivity index (χ3n) is 6.01. The lowest BCUT2D eigenvalue weighted by atomic mass is 9.89. The number of hydrogen-bond acceptors (Lipinski definition) is 5. The number of para-hydroxylation sites is 1. The summed E-state index contributed by atoms with van der Waals surface area (Å²) in [7, 11) is -2.40. The van der Waals surface area contributed by atoms with Gasteiger partial charge in [0.25, 0.3) is 10.0 Å². The van der Waals surface area contributed by atoms with Gasteiger partial charge in [0.05, 0.1) is 23.7 Å². The molecule has 1 unspecified atom stereocenters. The van der Waals surface area contributed by atoms with Crippen molar-refractivity contribution >= 4 is 21.6 Å². The van der Waals surface area contributed by atoms with Crippen LogP contribution in [0, 0.1) is 6.92 Å². The van der Waals surface area contributed by atoms with Crippen LogP contribution in [-0.4, -0.2) is 33.6 Å². The average molecular weight is 495 g/mol.